The lowest BCUT2D eigenvalue weighted by atomic mass is 10.1. The van der Waals surface area contributed by atoms with Gasteiger partial charge in [-0.15, -0.1) is 0 Å². The van der Waals surface area contributed by atoms with E-state index in [1.165, 1.54) is 20.3 Å². The number of hydrogen-bond donors (Lipinski definition) is 0. The van der Waals surface area contributed by atoms with Gasteiger partial charge in [-0.1, -0.05) is 0 Å². The van der Waals surface area contributed by atoms with E-state index in [4.69, 9.17) is 28.9 Å². The number of ether oxygens (including phenoxy) is 5. The third-order valence-electron chi connectivity index (χ3n) is 2.85. The van der Waals surface area contributed by atoms with Crippen molar-refractivity contribution in [1.29, 1.82) is 5.26 Å². The Balaban J connectivity index is 2.23. The van der Waals surface area contributed by atoms with Gasteiger partial charge in [-0.25, -0.2) is 4.79 Å². The predicted molar refractivity (Wildman–Crippen MR) is 75.5 cm³/mol. The quantitative estimate of drug-likeness (QED) is 0.341. The minimum atomic E-state index is -0.712. The second kappa shape index (κ2) is 7.33. The van der Waals surface area contributed by atoms with E-state index in [0.29, 0.717) is 22.8 Å². The Morgan fingerprint density at radius 1 is 1.36 bits per heavy atom. The molecule has 1 aromatic carbocycles. The number of nitrogens with zero attached hydrogens (tertiary/aromatic N) is 1. The third-order valence-corrected chi connectivity index (χ3v) is 2.85. The van der Waals surface area contributed by atoms with Gasteiger partial charge in [-0.2, -0.15) is 5.26 Å². The molecule has 0 saturated heterocycles. The van der Waals surface area contributed by atoms with Crippen LogP contribution in [0, 0.1) is 11.3 Å². The zero-order chi connectivity index (χ0) is 15.9. The zero-order valence-corrected chi connectivity index (χ0v) is 12.3. The lowest BCUT2D eigenvalue weighted by Gasteiger charge is -2.06. The number of hydrogen-bond acceptors (Lipinski definition) is 7. The monoisotopic (exact) mass is 305 g/mol. The van der Waals surface area contributed by atoms with E-state index in [0.717, 1.165) is 0 Å². The van der Waals surface area contributed by atoms with Crippen LogP contribution in [0.15, 0.2) is 17.7 Å². The number of benzene rings is 1. The molecule has 0 aliphatic carbocycles. The second-order valence-electron chi connectivity index (χ2n) is 4.26. The summed E-state index contributed by atoms with van der Waals surface area (Å²) in [5.74, 6) is 0.749. The Morgan fingerprint density at radius 2 is 2.18 bits per heavy atom. The van der Waals surface area contributed by atoms with Crippen LogP contribution >= 0.6 is 0 Å². The van der Waals surface area contributed by atoms with Gasteiger partial charge in [0.05, 0.1) is 13.7 Å². The van der Waals surface area contributed by atoms with Crippen molar-refractivity contribution in [3.8, 4) is 23.3 Å². The number of carbonyl (C=O) groups excluding carboxylic acids is 1. The second-order valence-corrected chi connectivity index (χ2v) is 4.26. The van der Waals surface area contributed by atoms with Crippen LogP contribution in [-0.2, 0) is 14.3 Å². The first-order valence-electron chi connectivity index (χ1n) is 6.45. The fourth-order valence-electron chi connectivity index (χ4n) is 1.83. The molecule has 1 heterocycles. The van der Waals surface area contributed by atoms with E-state index >= 15 is 0 Å². The highest BCUT2D eigenvalue weighted by molar-refractivity contribution is 5.98. The number of nitriles is 1. The Labute approximate surface area is 127 Å². The molecular weight excluding hydrogens is 290 g/mol. The van der Waals surface area contributed by atoms with Crippen molar-refractivity contribution in [2.45, 2.75) is 0 Å². The lowest BCUT2D eigenvalue weighted by molar-refractivity contribution is -0.139. The minimum Gasteiger partial charge on any atom is -0.493 e. The number of esters is 1. The highest BCUT2D eigenvalue weighted by Crippen LogP contribution is 2.42. The van der Waals surface area contributed by atoms with Gasteiger partial charge in [-0.3, -0.25) is 0 Å². The van der Waals surface area contributed by atoms with Crippen molar-refractivity contribution in [3.63, 3.8) is 0 Å². The molecule has 1 aromatic rings. The highest BCUT2D eigenvalue weighted by Gasteiger charge is 2.20. The maximum absolute atomic E-state index is 11.8. The highest BCUT2D eigenvalue weighted by atomic mass is 16.7. The SMILES string of the molecule is COCCOC(=O)C(C#N)=Cc1cc(OC)c2c(c1)OCO2. The molecule has 0 atom stereocenters. The van der Waals surface area contributed by atoms with Gasteiger partial charge >= 0.3 is 5.97 Å². The van der Waals surface area contributed by atoms with Crippen LogP contribution in [0.2, 0.25) is 0 Å². The van der Waals surface area contributed by atoms with Crippen molar-refractivity contribution in [1.82, 2.24) is 0 Å². The number of rotatable bonds is 6. The zero-order valence-electron chi connectivity index (χ0n) is 12.3. The lowest BCUT2D eigenvalue weighted by Crippen LogP contribution is -2.11. The molecular formula is C15H15NO6. The van der Waals surface area contributed by atoms with Crippen LogP contribution in [0.25, 0.3) is 6.08 Å². The van der Waals surface area contributed by atoms with Gasteiger partial charge in [0.15, 0.2) is 11.5 Å². The predicted octanol–water partition coefficient (Wildman–Crippen LogP) is 1.52. The van der Waals surface area contributed by atoms with Gasteiger partial charge in [-0.05, 0) is 23.8 Å². The van der Waals surface area contributed by atoms with Gasteiger partial charge in [0.2, 0.25) is 12.5 Å². The van der Waals surface area contributed by atoms with Gasteiger partial charge in [0, 0.05) is 7.11 Å². The van der Waals surface area contributed by atoms with Crippen LogP contribution in [0.5, 0.6) is 17.2 Å². The van der Waals surface area contributed by atoms with Crippen molar-refractivity contribution < 1.29 is 28.5 Å². The summed E-state index contributed by atoms with van der Waals surface area (Å²) in [7, 11) is 2.99. The summed E-state index contributed by atoms with van der Waals surface area (Å²) in [6.45, 7) is 0.449. The fraction of sp³-hybridized carbons (Fsp3) is 0.333. The number of carbonyl (C=O) groups is 1. The molecule has 1 aliphatic rings. The fourth-order valence-corrected chi connectivity index (χ4v) is 1.83. The molecule has 0 amide bonds. The molecule has 22 heavy (non-hydrogen) atoms. The smallest absolute Gasteiger partial charge is 0.348 e. The summed E-state index contributed by atoms with van der Waals surface area (Å²) >= 11 is 0. The Hall–Kier alpha value is -2.72. The van der Waals surface area contributed by atoms with Crippen LogP contribution in [0.3, 0.4) is 0 Å². The molecule has 0 aromatic heterocycles. The first-order valence-corrected chi connectivity index (χ1v) is 6.45. The van der Waals surface area contributed by atoms with Crippen LogP contribution < -0.4 is 14.2 Å². The Morgan fingerprint density at radius 3 is 2.86 bits per heavy atom. The molecule has 0 N–H and O–H groups in total. The van der Waals surface area contributed by atoms with E-state index in [1.807, 2.05) is 6.07 Å². The van der Waals surface area contributed by atoms with E-state index in [9.17, 15) is 4.79 Å². The van der Waals surface area contributed by atoms with Crippen LogP contribution in [0.1, 0.15) is 5.56 Å². The minimum absolute atomic E-state index is 0.0822. The largest absolute Gasteiger partial charge is 0.493 e. The van der Waals surface area contributed by atoms with E-state index in [2.05, 4.69) is 0 Å². The average molecular weight is 305 g/mol. The first-order chi connectivity index (χ1) is 10.7. The van der Waals surface area contributed by atoms with E-state index < -0.39 is 5.97 Å². The molecule has 0 spiro atoms. The van der Waals surface area contributed by atoms with Crippen LogP contribution in [-0.4, -0.2) is 40.2 Å². The summed E-state index contributed by atoms with van der Waals surface area (Å²) in [5, 5.41) is 9.10. The van der Waals surface area contributed by atoms with Gasteiger partial charge in [0.25, 0.3) is 0 Å². The molecule has 7 nitrogen and oxygen atoms in total. The van der Waals surface area contributed by atoms with E-state index in [-0.39, 0.29) is 25.6 Å². The van der Waals surface area contributed by atoms with Crippen molar-refractivity contribution in [3.05, 3.63) is 23.3 Å². The van der Waals surface area contributed by atoms with Crippen molar-refractivity contribution in [2.24, 2.45) is 0 Å². The first kappa shape index (κ1) is 15.7. The van der Waals surface area contributed by atoms with Crippen LogP contribution in [0.4, 0.5) is 0 Å². The van der Waals surface area contributed by atoms with Gasteiger partial charge < -0.3 is 23.7 Å². The maximum Gasteiger partial charge on any atom is 0.348 e. The summed E-state index contributed by atoms with van der Waals surface area (Å²) < 4.78 is 25.5. The number of fused-ring (bicyclic) bond motifs is 1. The maximum atomic E-state index is 11.8. The topological polar surface area (TPSA) is 87.0 Å². The standard InChI is InChI=1S/C15H15NO6/c1-18-3-4-20-15(17)11(8-16)5-10-6-12(19-2)14-13(7-10)21-9-22-14/h5-7H,3-4,9H2,1-2H3. The molecule has 7 heteroatoms. The molecule has 2 rings (SSSR count). The summed E-state index contributed by atoms with van der Waals surface area (Å²) in [6, 6.07) is 5.12. The third kappa shape index (κ3) is 3.48. The normalized spacial score (nSPS) is 12.7. The van der Waals surface area contributed by atoms with E-state index in [1.54, 1.807) is 12.1 Å². The molecule has 116 valence electrons. The molecule has 0 bridgehead atoms. The van der Waals surface area contributed by atoms with Crippen molar-refractivity contribution in [2.75, 3.05) is 34.2 Å². The average Bonchev–Trinajstić information content (AvgIpc) is 3.00. The molecule has 0 unspecified atom stereocenters. The summed E-state index contributed by atoms with van der Waals surface area (Å²) in [5.41, 5.74) is 0.443. The molecule has 0 radical (unpaired) electrons. The molecule has 1 aliphatic heterocycles. The van der Waals surface area contributed by atoms with Crippen molar-refractivity contribution >= 4 is 12.0 Å². The molecule has 0 fully saturated rings. The summed E-state index contributed by atoms with van der Waals surface area (Å²) in [6.07, 6.45) is 1.40. The van der Waals surface area contributed by atoms with Gasteiger partial charge in [0.1, 0.15) is 18.2 Å². The Bertz CT molecular complexity index is 632. The molecule has 0 saturated carbocycles. The number of methoxy groups -OCH3 is 2. The Kier molecular flexibility index (Phi) is 5.22. The summed E-state index contributed by atoms with van der Waals surface area (Å²) in [4.78, 5) is 11.8.